The molecule has 0 heteroatoms. The van der Waals surface area contributed by atoms with Gasteiger partial charge in [0.25, 0.3) is 0 Å². The molecule has 6 fully saturated rings. The molecule has 6 rings (SSSR count). The number of fused-ring (bicyclic) bond motifs is 8. The van der Waals surface area contributed by atoms with E-state index < -0.39 is 0 Å². The van der Waals surface area contributed by atoms with E-state index in [1.54, 1.807) is 25.7 Å². The van der Waals surface area contributed by atoms with Crippen LogP contribution in [0.2, 0.25) is 0 Å². The lowest BCUT2D eigenvalue weighted by Gasteiger charge is -2.49. The van der Waals surface area contributed by atoms with Crippen LogP contribution in [0.5, 0.6) is 0 Å². The largest absolute Gasteiger partial charge is 0.0776 e. The normalized spacial score (nSPS) is 37.9. The van der Waals surface area contributed by atoms with E-state index in [1.165, 1.54) is 0 Å². The highest BCUT2D eigenvalue weighted by Crippen LogP contribution is 2.68. The standard InChI is InChI=1S/2C14H24.8C2H6.6CH4/c1-7-5-11-13(9(7)3)12-6-8(2)10(4)14(11)12;1-7-5-11-12-6-8(2)10(4)14(12)13(11)9(7)3;8*1-2;;;;;;/h2*7-14H,5-6H2,1-4H3;8*1-2H3;6*1H4/t7-,8-,9-,10-,11?,12?,13?,14?;7-,8+,9-,10+,11-,12?,13-,14+;;;;;;;;;;;;;;/m10............../s1. The first-order valence-electron chi connectivity index (χ1n) is 21.2. The van der Waals surface area contributed by atoms with Gasteiger partial charge in [-0.1, -0.05) is 211 Å². The molecular weight excluding hydrogens is 601 g/mol. The van der Waals surface area contributed by atoms with E-state index in [9.17, 15) is 0 Å². The van der Waals surface area contributed by atoms with Crippen LogP contribution >= 0.6 is 0 Å². The fourth-order valence-electron chi connectivity index (χ4n) is 10.4. The molecule has 320 valence electrons. The fraction of sp³-hybridized carbons (Fsp3) is 1.00. The molecule has 1 unspecified atom stereocenters. The molecule has 0 amide bonds. The molecule has 0 aromatic carbocycles. The summed E-state index contributed by atoms with van der Waals surface area (Å²) in [5.41, 5.74) is 0. The first-order chi connectivity index (χ1) is 21.2. The molecule has 0 N–H and O–H groups in total. The first-order valence-corrected chi connectivity index (χ1v) is 21.2. The van der Waals surface area contributed by atoms with Gasteiger partial charge in [0, 0.05) is 0 Å². The summed E-state index contributed by atoms with van der Waals surface area (Å²) in [4.78, 5) is 0. The summed E-state index contributed by atoms with van der Waals surface area (Å²) in [5.74, 6) is 17.2. The summed E-state index contributed by atoms with van der Waals surface area (Å²) in [6.45, 7) is 52.0. The Balaban J connectivity index is -0.0000000528. The molecule has 0 nitrogen and oxygen atoms in total. The summed E-state index contributed by atoms with van der Waals surface area (Å²) < 4.78 is 0. The Bertz CT molecular complexity index is 533. The van der Waals surface area contributed by atoms with Crippen molar-refractivity contribution in [1.82, 2.24) is 0 Å². The van der Waals surface area contributed by atoms with Gasteiger partial charge in [0.1, 0.15) is 0 Å². The van der Waals surface area contributed by atoms with Crippen LogP contribution < -0.4 is 0 Å². The van der Waals surface area contributed by atoms with Crippen LogP contribution in [0.25, 0.3) is 0 Å². The molecule has 0 aliphatic heterocycles. The minimum absolute atomic E-state index is 0. The van der Waals surface area contributed by atoms with Crippen LogP contribution in [-0.2, 0) is 0 Å². The maximum absolute atomic E-state index is 2.52. The molecule has 0 aromatic heterocycles. The van der Waals surface area contributed by atoms with E-state index in [-0.39, 0.29) is 44.6 Å². The highest BCUT2D eigenvalue weighted by atomic mass is 14.7. The summed E-state index contributed by atoms with van der Waals surface area (Å²) in [6.07, 6.45) is 6.19. The lowest BCUT2D eigenvalue weighted by atomic mass is 9.56. The Morgan fingerprint density at radius 3 is 0.540 bits per heavy atom. The molecule has 0 spiro atoms. The molecule has 0 heterocycles. The van der Waals surface area contributed by atoms with Gasteiger partial charge in [-0.15, -0.1) is 0 Å². The molecule has 50 heavy (non-hydrogen) atoms. The third kappa shape index (κ3) is 16.6. The molecule has 0 bridgehead atoms. The van der Waals surface area contributed by atoms with Crippen molar-refractivity contribution in [1.29, 1.82) is 0 Å². The van der Waals surface area contributed by atoms with Crippen molar-refractivity contribution < 1.29 is 0 Å². The average Bonchev–Trinajstić information content (AvgIpc) is 3.69. The van der Waals surface area contributed by atoms with Crippen LogP contribution in [0.1, 0.15) is 236 Å². The van der Waals surface area contributed by atoms with Crippen LogP contribution in [0.3, 0.4) is 0 Å². The van der Waals surface area contributed by atoms with E-state index in [4.69, 9.17) is 0 Å². The topological polar surface area (TPSA) is 0 Å². The average molecular weight is 722 g/mol. The molecule has 6 saturated carbocycles. The molecule has 6 aliphatic rings. The highest BCUT2D eigenvalue weighted by molar-refractivity contribution is 5.11. The van der Waals surface area contributed by atoms with Crippen LogP contribution in [0.4, 0.5) is 0 Å². The number of hydrogen-bond donors (Lipinski definition) is 0. The Morgan fingerprint density at radius 2 is 0.360 bits per heavy atom. The Morgan fingerprint density at radius 1 is 0.220 bits per heavy atom. The smallest absolute Gasteiger partial charge is 0.0321 e. The summed E-state index contributed by atoms with van der Waals surface area (Å²) in [7, 11) is 0. The van der Waals surface area contributed by atoms with E-state index in [1.807, 2.05) is 111 Å². The monoisotopic (exact) mass is 721 g/mol. The van der Waals surface area contributed by atoms with Gasteiger partial charge in [0.2, 0.25) is 0 Å². The third-order valence-corrected chi connectivity index (χ3v) is 12.6. The van der Waals surface area contributed by atoms with Crippen LogP contribution in [0.15, 0.2) is 0 Å². The Kier molecular flexibility index (Phi) is 62.7. The van der Waals surface area contributed by atoms with E-state index in [0.717, 1.165) is 94.7 Å². The fourth-order valence-corrected chi connectivity index (χ4v) is 10.4. The van der Waals surface area contributed by atoms with Gasteiger partial charge in [0.15, 0.2) is 0 Å². The lowest BCUT2D eigenvalue weighted by Crippen LogP contribution is -2.44. The third-order valence-electron chi connectivity index (χ3n) is 12.6. The molecule has 0 saturated heterocycles. The SMILES string of the molecule is C.C.C.C.C.C.CC.CC.CC.CC.CC.CC.CC.CC.C[C@@H]1CC2C(C3C[C@@H](C)[C@@H](C)C23)[C@@H]1C.C[C@@H]1[C@@H]2[C@H]3C(C[C@@H](C)[C@H]3C)[C@@H]2C[C@@H]1C. The van der Waals surface area contributed by atoms with Gasteiger partial charge in [-0.3, -0.25) is 0 Å². The van der Waals surface area contributed by atoms with Crippen molar-refractivity contribution >= 4 is 0 Å². The summed E-state index contributed by atoms with van der Waals surface area (Å²) >= 11 is 0. The van der Waals surface area contributed by atoms with Crippen molar-refractivity contribution in [2.75, 3.05) is 0 Å². The van der Waals surface area contributed by atoms with Crippen molar-refractivity contribution in [2.45, 2.75) is 236 Å². The molecule has 0 aromatic rings. The molecule has 12 atom stereocenters. The van der Waals surface area contributed by atoms with Crippen molar-refractivity contribution in [3.8, 4) is 0 Å². The van der Waals surface area contributed by atoms with Gasteiger partial charge in [-0.2, -0.15) is 0 Å². The van der Waals surface area contributed by atoms with Gasteiger partial charge < -0.3 is 0 Å². The predicted molar refractivity (Wildman–Crippen MR) is 251 cm³/mol. The van der Waals surface area contributed by atoms with Crippen LogP contribution in [-0.4, -0.2) is 0 Å². The van der Waals surface area contributed by atoms with E-state index in [0.29, 0.717) is 0 Å². The second kappa shape index (κ2) is 41.8. The summed E-state index contributed by atoms with van der Waals surface area (Å²) in [6, 6.07) is 0. The van der Waals surface area contributed by atoms with Crippen LogP contribution in [0, 0.1) is 94.7 Å². The second-order valence-corrected chi connectivity index (χ2v) is 13.3. The lowest BCUT2D eigenvalue weighted by molar-refractivity contribution is -0.0149. The zero-order chi connectivity index (χ0) is 36.1. The number of rotatable bonds is 0. The second-order valence-electron chi connectivity index (χ2n) is 13.3. The highest BCUT2D eigenvalue weighted by Gasteiger charge is 2.63. The maximum Gasteiger partial charge on any atom is -0.0321 e. The van der Waals surface area contributed by atoms with Crippen molar-refractivity contribution in [3.05, 3.63) is 0 Å². The van der Waals surface area contributed by atoms with Gasteiger partial charge in [0.05, 0.1) is 0 Å². The zero-order valence-electron chi connectivity index (χ0n) is 36.1. The van der Waals surface area contributed by atoms with E-state index in [2.05, 4.69) is 55.4 Å². The zero-order valence-corrected chi connectivity index (χ0v) is 36.1. The molecule has 0 radical (unpaired) electrons. The quantitative estimate of drug-likeness (QED) is 0.234. The predicted octanol–water partition coefficient (Wildman–Crippen LogP) is 19.7. The maximum atomic E-state index is 2.52. The minimum atomic E-state index is 0. The minimum Gasteiger partial charge on any atom is -0.0776 e. The van der Waals surface area contributed by atoms with E-state index >= 15 is 0 Å². The number of hydrogen-bond acceptors (Lipinski definition) is 0. The molecule has 6 aliphatic carbocycles. The molecular formula is C50H120. The van der Waals surface area contributed by atoms with Gasteiger partial charge in [-0.05, 0) is 120 Å². The van der Waals surface area contributed by atoms with Crippen molar-refractivity contribution in [2.24, 2.45) is 94.7 Å². The van der Waals surface area contributed by atoms with Gasteiger partial charge >= 0.3 is 0 Å². The Hall–Kier alpha value is 0. The van der Waals surface area contributed by atoms with Gasteiger partial charge in [-0.25, -0.2) is 0 Å². The first kappa shape index (κ1) is 75.0. The Labute approximate surface area is 330 Å². The summed E-state index contributed by atoms with van der Waals surface area (Å²) in [5, 5.41) is 0. The van der Waals surface area contributed by atoms with Crippen molar-refractivity contribution in [3.63, 3.8) is 0 Å².